The van der Waals surface area contributed by atoms with Crippen molar-refractivity contribution in [2.24, 2.45) is 0 Å². The number of carboxylic acids is 1. The summed E-state index contributed by atoms with van der Waals surface area (Å²) < 4.78 is 4.70. The molecule has 0 unspecified atom stereocenters. The third kappa shape index (κ3) is 3.28. The number of thiazole rings is 1. The summed E-state index contributed by atoms with van der Waals surface area (Å²) in [5.41, 5.74) is 0. The number of ether oxygens (including phenoxy) is 1. The maximum atomic E-state index is 11.6. The summed E-state index contributed by atoms with van der Waals surface area (Å²) in [4.78, 5) is 26.6. The second-order valence-electron chi connectivity index (χ2n) is 3.06. The van der Waals surface area contributed by atoms with Crippen LogP contribution in [0.15, 0.2) is 6.20 Å². The molecule has 0 spiro atoms. The van der Waals surface area contributed by atoms with E-state index in [9.17, 15) is 9.59 Å². The Balaban J connectivity index is 2.65. The van der Waals surface area contributed by atoms with Crippen LogP contribution in [0.5, 0.6) is 0 Å². The van der Waals surface area contributed by atoms with E-state index >= 15 is 0 Å². The lowest BCUT2D eigenvalue weighted by atomic mass is 10.3. The van der Waals surface area contributed by atoms with Crippen LogP contribution in [0.2, 0.25) is 0 Å². The van der Waals surface area contributed by atoms with E-state index in [0.29, 0.717) is 4.88 Å². The fraction of sp³-hybridized carbons (Fsp3) is 0.444. The SMILES string of the molecule is COC[C@H](NC(=O)c1cnc(C)s1)C(=O)O. The summed E-state index contributed by atoms with van der Waals surface area (Å²) in [5, 5.41) is 11.9. The molecule has 2 N–H and O–H groups in total. The highest BCUT2D eigenvalue weighted by Crippen LogP contribution is 2.11. The molecule has 7 heteroatoms. The van der Waals surface area contributed by atoms with Gasteiger partial charge in [-0.25, -0.2) is 9.78 Å². The molecule has 16 heavy (non-hydrogen) atoms. The Bertz CT molecular complexity index is 391. The molecule has 0 saturated heterocycles. The molecule has 0 aliphatic rings. The molecular formula is C9H12N2O4S. The summed E-state index contributed by atoms with van der Waals surface area (Å²) in [6.07, 6.45) is 1.42. The van der Waals surface area contributed by atoms with Crippen molar-refractivity contribution in [2.45, 2.75) is 13.0 Å². The number of aromatic nitrogens is 1. The minimum Gasteiger partial charge on any atom is -0.480 e. The van der Waals surface area contributed by atoms with Crippen molar-refractivity contribution >= 4 is 23.2 Å². The Morgan fingerprint density at radius 1 is 1.69 bits per heavy atom. The zero-order valence-corrected chi connectivity index (χ0v) is 9.71. The summed E-state index contributed by atoms with van der Waals surface area (Å²) in [5.74, 6) is -1.58. The fourth-order valence-electron chi connectivity index (χ4n) is 1.04. The first kappa shape index (κ1) is 12.6. The van der Waals surface area contributed by atoms with Crippen LogP contribution in [0.3, 0.4) is 0 Å². The van der Waals surface area contributed by atoms with Gasteiger partial charge in [0.15, 0.2) is 6.04 Å². The van der Waals surface area contributed by atoms with E-state index < -0.39 is 17.9 Å². The zero-order valence-electron chi connectivity index (χ0n) is 8.89. The minimum absolute atomic E-state index is 0.0706. The molecule has 88 valence electrons. The van der Waals surface area contributed by atoms with E-state index in [1.807, 2.05) is 0 Å². The van der Waals surface area contributed by atoms with E-state index in [-0.39, 0.29) is 6.61 Å². The van der Waals surface area contributed by atoms with Gasteiger partial charge in [0.05, 0.1) is 17.8 Å². The number of nitrogens with zero attached hydrogens (tertiary/aromatic N) is 1. The standard InChI is InChI=1S/C9H12N2O4S/c1-5-10-3-7(16-5)8(12)11-6(4-15-2)9(13)14/h3,6H,4H2,1-2H3,(H,11,12)(H,13,14)/t6-/m0/s1. The van der Waals surface area contributed by atoms with Crippen LogP contribution in [0, 0.1) is 6.92 Å². The monoisotopic (exact) mass is 244 g/mol. The minimum atomic E-state index is -1.13. The predicted molar refractivity (Wildman–Crippen MR) is 57.6 cm³/mol. The van der Waals surface area contributed by atoms with Crippen LogP contribution in [-0.4, -0.2) is 41.7 Å². The Hall–Kier alpha value is -1.47. The summed E-state index contributed by atoms with van der Waals surface area (Å²) in [6, 6.07) is -1.04. The van der Waals surface area contributed by atoms with Crippen LogP contribution >= 0.6 is 11.3 Å². The van der Waals surface area contributed by atoms with Gasteiger partial charge < -0.3 is 15.2 Å². The first-order chi connectivity index (χ1) is 7.54. The highest BCUT2D eigenvalue weighted by Gasteiger charge is 2.21. The molecule has 0 saturated carbocycles. The Morgan fingerprint density at radius 2 is 2.38 bits per heavy atom. The molecule has 1 rings (SSSR count). The van der Waals surface area contributed by atoms with Gasteiger partial charge in [-0.3, -0.25) is 4.79 Å². The predicted octanol–water partition coefficient (Wildman–Crippen LogP) is 0.281. The number of hydrogen-bond donors (Lipinski definition) is 2. The second kappa shape index (κ2) is 5.57. The van der Waals surface area contributed by atoms with Crippen molar-refractivity contribution in [1.82, 2.24) is 10.3 Å². The van der Waals surface area contributed by atoms with Gasteiger partial charge in [0, 0.05) is 7.11 Å². The van der Waals surface area contributed by atoms with Gasteiger partial charge in [-0.2, -0.15) is 0 Å². The molecule has 1 heterocycles. The number of carbonyl (C=O) groups excluding carboxylic acids is 1. The highest BCUT2D eigenvalue weighted by atomic mass is 32.1. The Kier molecular flexibility index (Phi) is 4.39. The quantitative estimate of drug-likeness (QED) is 0.776. The van der Waals surface area contributed by atoms with E-state index in [0.717, 1.165) is 5.01 Å². The molecule has 1 aromatic heterocycles. The number of amides is 1. The lowest BCUT2D eigenvalue weighted by Crippen LogP contribution is -2.43. The largest absolute Gasteiger partial charge is 0.480 e. The van der Waals surface area contributed by atoms with Gasteiger partial charge in [0.1, 0.15) is 4.88 Å². The van der Waals surface area contributed by atoms with E-state index in [4.69, 9.17) is 9.84 Å². The van der Waals surface area contributed by atoms with Crippen LogP contribution in [0.4, 0.5) is 0 Å². The Morgan fingerprint density at radius 3 is 2.81 bits per heavy atom. The molecule has 1 atom stereocenters. The van der Waals surface area contributed by atoms with Crippen LogP contribution < -0.4 is 5.32 Å². The molecule has 0 bridgehead atoms. The fourth-order valence-corrected chi connectivity index (χ4v) is 1.72. The molecule has 0 aromatic carbocycles. The number of carbonyl (C=O) groups is 2. The van der Waals surface area contributed by atoms with E-state index in [2.05, 4.69) is 10.3 Å². The molecule has 0 radical (unpaired) electrons. The second-order valence-corrected chi connectivity index (χ2v) is 4.30. The summed E-state index contributed by atoms with van der Waals surface area (Å²) >= 11 is 1.21. The van der Waals surface area contributed by atoms with Crippen molar-refractivity contribution in [3.63, 3.8) is 0 Å². The van der Waals surface area contributed by atoms with E-state index in [1.54, 1.807) is 6.92 Å². The van der Waals surface area contributed by atoms with Crippen molar-refractivity contribution in [1.29, 1.82) is 0 Å². The van der Waals surface area contributed by atoms with Crippen LogP contribution in [-0.2, 0) is 9.53 Å². The number of carboxylic acid groups (broad SMARTS) is 1. The van der Waals surface area contributed by atoms with Gasteiger partial charge in [-0.15, -0.1) is 11.3 Å². The highest BCUT2D eigenvalue weighted by molar-refractivity contribution is 7.13. The van der Waals surface area contributed by atoms with Gasteiger partial charge in [-0.05, 0) is 6.92 Å². The van der Waals surface area contributed by atoms with Gasteiger partial charge in [0.25, 0.3) is 5.91 Å². The lowest BCUT2D eigenvalue weighted by molar-refractivity contribution is -0.140. The molecule has 1 amide bonds. The van der Waals surface area contributed by atoms with Crippen LogP contribution in [0.25, 0.3) is 0 Å². The molecule has 0 aliphatic heterocycles. The third-order valence-corrected chi connectivity index (χ3v) is 2.69. The van der Waals surface area contributed by atoms with Crippen molar-refractivity contribution in [2.75, 3.05) is 13.7 Å². The summed E-state index contributed by atoms with van der Waals surface area (Å²) in [6.45, 7) is 1.70. The molecule has 6 nitrogen and oxygen atoms in total. The number of aryl methyl sites for hydroxylation is 1. The average molecular weight is 244 g/mol. The lowest BCUT2D eigenvalue weighted by Gasteiger charge is -2.12. The van der Waals surface area contributed by atoms with Crippen LogP contribution in [0.1, 0.15) is 14.7 Å². The first-order valence-electron chi connectivity index (χ1n) is 4.49. The van der Waals surface area contributed by atoms with Crippen molar-refractivity contribution in [3.8, 4) is 0 Å². The van der Waals surface area contributed by atoms with Gasteiger partial charge >= 0.3 is 5.97 Å². The number of rotatable bonds is 5. The number of nitrogens with one attached hydrogen (secondary N) is 1. The molecule has 0 aliphatic carbocycles. The smallest absolute Gasteiger partial charge is 0.328 e. The van der Waals surface area contributed by atoms with Crippen molar-refractivity contribution in [3.05, 3.63) is 16.1 Å². The van der Waals surface area contributed by atoms with Crippen molar-refractivity contribution < 1.29 is 19.4 Å². The maximum absolute atomic E-state index is 11.6. The molecule has 1 aromatic rings. The number of methoxy groups -OCH3 is 1. The zero-order chi connectivity index (χ0) is 12.1. The average Bonchev–Trinajstić information content (AvgIpc) is 2.64. The number of hydrogen-bond acceptors (Lipinski definition) is 5. The third-order valence-electron chi connectivity index (χ3n) is 1.78. The molecular weight excluding hydrogens is 232 g/mol. The Labute approximate surface area is 96.3 Å². The first-order valence-corrected chi connectivity index (χ1v) is 5.31. The van der Waals surface area contributed by atoms with E-state index in [1.165, 1.54) is 24.6 Å². The van der Waals surface area contributed by atoms with Gasteiger partial charge in [-0.1, -0.05) is 0 Å². The number of aliphatic carboxylic acids is 1. The van der Waals surface area contributed by atoms with Gasteiger partial charge in [0.2, 0.25) is 0 Å². The summed E-state index contributed by atoms with van der Waals surface area (Å²) in [7, 11) is 1.37. The maximum Gasteiger partial charge on any atom is 0.328 e. The topological polar surface area (TPSA) is 88.5 Å². The molecule has 0 fully saturated rings. The normalized spacial score (nSPS) is 12.1.